The number of amides is 1. The third kappa shape index (κ3) is 5.71. The lowest BCUT2D eigenvalue weighted by Gasteiger charge is -2.26. The standard InChI is InChI=1S/C23H28N2O5S/c1-18(2)25(16-19-9-4-3-5-10-19)22(26)17-30-23(27)20-11-8-12-21(15-20)31(28,29)24-13-6-7-14-24/h3-5,8-12,15,18H,6-7,13-14,16-17H2,1-2H3. The van der Waals surface area contributed by atoms with Gasteiger partial charge in [-0.3, -0.25) is 4.79 Å². The first-order valence-corrected chi connectivity index (χ1v) is 11.8. The van der Waals surface area contributed by atoms with Crippen molar-refractivity contribution in [2.45, 2.75) is 44.2 Å². The Morgan fingerprint density at radius 3 is 2.35 bits per heavy atom. The Labute approximate surface area is 183 Å². The monoisotopic (exact) mass is 444 g/mol. The molecule has 0 unspecified atom stereocenters. The minimum Gasteiger partial charge on any atom is -0.452 e. The number of carbonyl (C=O) groups excluding carboxylic acids is 2. The summed E-state index contributed by atoms with van der Waals surface area (Å²) in [6.45, 7) is 4.77. The predicted molar refractivity (Wildman–Crippen MR) is 117 cm³/mol. The quantitative estimate of drug-likeness (QED) is 0.585. The zero-order valence-corrected chi connectivity index (χ0v) is 18.7. The summed E-state index contributed by atoms with van der Waals surface area (Å²) in [4.78, 5) is 26.9. The summed E-state index contributed by atoms with van der Waals surface area (Å²) >= 11 is 0. The van der Waals surface area contributed by atoms with E-state index in [9.17, 15) is 18.0 Å². The number of hydrogen-bond acceptors (Lipinski definition) is 5. The van der Waals surface area contributed by atoms with Gasteiger partial charge >= 0.3 is 5.97 Å². The molecule has 0 aromatic heterocycles. The van der Waals surface area contributed by atoms with Gasteiger partial charge in [0.1, 0.15) is 0 Å². The molecule has 2 aromatic rings. The molecule has 0 radical (unpaired) electrons. The lowest BCUT2D eigenvalue weighted by molar-refractivity contribution is -0.136. The fourth-order valence-electron chi connectivity index (χ4n) is 3.49. The van der Waals surface area contributed by atoms with E-state index in [1.165, 1.54) is 28.6 Å². The van der Waals surface area contributed by atoms with Gasteiger partial charge in [-0.15, -0.1) is 0 Å². The Morgan fingerprint density at radius 1 is 1.03 bits per heavy atom. The largest absolute Gasteiger partial charge is 0.452 e. The molecule has 0 bridgehead atoms. The highest BCUT2D eigenvalue weighted by atomic mass is 32.2. The molecule has 2 aromatic carbocycles. The Bertz CT molecular complexity index is 1020. The van der Waals surface area contributed by atoms with Crippen LogP contribution >= 0.6 is 0 Å². The number of hydrogen-bond donors (Lipinski definition) is 0. The zero-order valence-electron chi connectivity index (χ0n) is 17.9. The maximum absolute atomic E-state index is 12.7. The number of nitrogens with zero attached hydrogens (tertiary/aromatic N) is 2. The summed E-state index contributed by atoms with van der Waals surface area (Å²) in [5, 5.41) is 0. The molecular formula is C23H28N2O5S. The maximum Gasteiger partial charge on any atom is 0.338 e. The van der Waals surface area contributed by atoms with Crippen molar-refractivity contribution in [1.82, 2.24) is 9.21 Å². The molecule has 3 rings (SSSR count). The van der Waals surface area contributed by atoms with E-state index in [1.807, 2.05) is 44.2 Å². The molecule has 1 heterocycles. The van der Waals surface area contributed by atoms with Gasteiger partial charge in [-0.25, -0.2) is 13.2 Å². The van der Waals surface area contributed by atoms with E-state index in [2.05, 4.69) is 0 Å². The average molecular weight is 445 g/mol. The first-order chi connectivity index (χ1) is 14.8. The van der Waals surface area contributed by atoms with Crippen LogP contribution < -0.4 is 0 Å². The van der Waals surface area contributed by atoms with Crippen molar-refractivity contribution in [3.05, 3.63) is 65.7 Å². The number of sulfonamides is 1. The van der Waals surface area contributed by atoms with E-state index in [-0.39, 0.29) is 22.4 Å². The SMILES string of the molecule is CC(C)N(Cc1ccccc1)C(=O)COC(=O)c1cccc(S(=O)(=O)N2CCCC2)c1. The molecule has 0 N–H and O–H groups in total. The third-order valence-corrected chi connectivity index (χ3v) is 7.13. The summed E-state index contributed by atoms with van der Waals surface area (Å²) in [5.74, 6) is -1.04. The minimum atomic E-state index is -3.63. The van der Waals surface area contributed by atoms with Crippen LogP contribution in [-0.2, 0) is 26.1 Å². The summed E-state index contributed by atoms with van der Waals surface area (Å²) in [6.07, 6.45) is 1.66. The third-order valence-electron chi connectivity index (χ3n) is 5.24. The van der Waals surface area contributed by atoms with E-state index in [0.29, 0.717) is 19.6 Å². The highest BCUT2D eigenvalue weighted by molar-refractivity contribution is 7.89. The number of rotatable bonds is 8. The topological polar surface area (TPSA) is 84.0 Å². The molecule has 166 valence electrons. The molecule has 0 atom stereocenters. The van der Waals surface area contributed by atoms with Crippen molar-refractivity contribution in [1.29, 1.82) is 0 Å². The fraction of sp³-hybridized carbons (Fsp3) is 0.391. The van der Waals surface area contributed by atoms with Crippen molar-refractivity contribution < 1.29 is 22.7 Å². The van der Waals surface area contributed by atoms with Gasteiger partial charge in [-0.1, -0.05) is 36.4 Å². The molecule has 1 aliphatic heterocycles. The second-order valence-corrected chi connectivity index (χ2v) is 9.75. The van der Waals surface area contributed by atoms with Crippen molar-refractivity contribution in [3.8, 4) is 0 Å². The van der Waals surface area contributed by atoms with Crippen LogP contribution in [0.25, 0.3) is 0 Å². The molecule has 1 amide bonds. The Kier molecular flexibility index (Phi) is 7.46. The molecule has 1 saturated heterocycles. The van der Waals surface area contributed by atoms with Crippen LogP contribution in [0.4, 0.5) is 0 Å². The average Bonchev–Trinajstić information content (AvgIpc) is 3.32. The van der Waals surface area contributed by atoms with Crippen LogP contribution in [0.5, 0.6) is 0 Å². The molecule has 8 heteroatoms. The number of carbonyl (C=O) groups is 2. The van der Waals surface area contributed by atoms with Gasteiger partial charge in [0.25, 0.3) is 5.91 Å². The Balaban J connectivity index is 1.65. The molecular weight excluding hydrogens is 416 g/mol. The van der Waals surface area contributed by atoms with E-state index in [0.717, 1.165) is 18.4 Å². The van der Waals surface area contributed by atoms with Crippen molar-refractivity contribution in [3.63, 3.8) is 0 Å². The summed E-state index contributed by atoms with van der Waals surface area (Å²) < 4.78 is 32.1. The van der Waals surface area contributed by atoms with Crippen LogP contribution in [0.2, 0.25) is 0 Å². The van der Waals surface area contributed by atoms with E-state index in [4.69, 9.17) is 4.74 Å². The van der Waals surface area contributed by atoms with Crippen LogP contribution in [-0.4, -0.2) is 55.2 Å². The number of esters is 1. The first kappa shape index (κ1) is 23.0. The Morgan fingerprint density at radius 2 is 1.71 bits per heavy atom. The van der Waals surface area contributed by atoms with Gasteiger partial charge in [0.2, 0.25) is 10.0 Å². The fourth-order valence-corrected chi connectivity index (χ4v) is 5.06. The molecule has 0 spiro atoms. The highest BCUT2D eigenvalue weighted by Crippen LogP contribution is 2.22. The van der Waals surface area contributed by atoms with Crippen LogP contribution in [0.15, 0.2) is 59.5 Å². The van der Waals surface area contributed by atoms with Crippen LogP contribution in [0.3, 0.4) is 0 Å². The number of ether oxygens (including phenoxy) is 1. The van der Waals surface area contributed by atoms with E-state index < -0.39 is 22.6 Å². The van der Waals surface area contributed by atoms with Gasteiger partial charge in [-0.05, 0) is 50.5 Å². The minimum absolute atomic E-state index is 0.0584. The lowest BCUT2D eigenvalue weighted by Crippen LogP contribution is -2.39. The van der Waals surface area contributed by atoms with Gasteiger partial charge < -0.3 is 9.64 Å². The normalized spacial score (nSPS) is 14.5. The second kappa shape index (κ2) is 10.1. The van der Waals surface area contributed by atoms with E-state index >= 15 is 0 Å². The molecule has 1 aliphatic rings. The molecule has 0 aliphatic carbocycles. The zero-order chi connectivity index (χ0) is 22.4. The van der Waals surface area contributed by atoms with Crippen molar-refractivity contribution in [2.24, 2.45) is 0 Å². The first-order valence-electron chi connectivity index (χ1n) is 10.4. The van der Waals surface area contributed by atoms with Crippen molar-refractivity contribution >= 4 is 21.9 Å². The maximum atomic E-state index is 12.7. The van der Waals surface area contributed by atoms with Gasteiger partial charge in [-0.2, -0.15) is 4.31 Å². The number of benzene rings is 2. The molecule has 31 heavy (non-hydrogen) atoms. The summed E-state index contributed by atoms with van der Waals surface area (Å²) in [7, 11) is -3.63. The predicted octanol–water partition coefficient (Wildman–Crippen LogP) is 3.07. The molecule has 1 fully saturated rings. The summed E-state index contributed by atoms with van der Waals surface area (Å²) in [5.41, 5.74) is 1.09. The molecule has 7 nitrogen and oxygen atoms in total. The van der Waals surface area contributed by atoms with Crippen LogP contribution in [0, 0.1) is 0 Å². The van der Waals surface area contributed by atoms with E-state index in [1.54, 1.807) is 4.90 Å². The van der Waals surface area contributed by atoms with Crippen molar-refractivity contribution in [2.75, 3.05) is 19.7 Å². The van der Waals surface area contributed by atoms with Crippen LogP contribution in [0.1, 0.15) is 42.6 Å². The summed E-state index contributed by atoms with van der Waals surface area (Å²) in [6, 6.07) is 15.3. The van der Waals surface area contributed by atoms with Gasteiger partial charge in [0, 0.05) is 25.7 Å². The lowest BCUT2D eigenvalue weighted by atomic mass is 10.2. The highest BCUT2D eigenvalue weighted by Gasteiger charge is 2.28. The van der Waals surface area contributed by atoms with Gasteiger partial charge in [0.15, 0.2) is 6.61 Å². The smallest absolute Gasteiger partial charge is 0.338 e. The molecule has 0 saturated carbocycles. The Hall–Kier alpha value is -2.71. The second-order valence-electron chi connectivity index (χ2n) is 7.82. The van der Waals surface area contributed by atoms with Gasteiger partial charge in [0.05, 0.1) is 10.5 Å².